The Kier molecular flexibility index (Phi) is 6.54. The molecule has 0 bridgehead atoms. The van der Waals surface area contributed by atoms with Crippen LogP contribution in [0.1, 0.15) is 36.0 Å². The van der Waals surface area contributed by atoms with E-state index in [1.165, 1.54) is 0 Å². The number of carbonyl (C=O) groups is 2. The molecule has 0 unspecified atom stereocenters. The van der Waals surface area contributed by atoms with Crippen molar-refractivity contribution in [3.63, 3.8) is 0 Å². The third-order valence-electron chi connectivity index (χ3n) is 2.64. The third kappa shape index (κ3) is 5.74. The molecule has 114 valence electrons. The van der Waals surface area contributed by atoms with Gasteiger partial charge in [-0.1, -0.05) is 18.0 Å². The molecular weight excluding hydrogens is 302 g/mol. The molecule has 0 radical (unpaired) electrons. The quantitative estimate of drug-likeness (QED) is 0.327. The molecule has 1 amide bonds. The van der Waals surface area contributed by atoms with E-state index in [-0.39, 0.29) is 17.1 Å². The molecule has 0 aliphatic heterocycles. The fraction of sp³-hybridized carbons (Fsp3) is 0.417. The van der Waals surface area contributed by atoms with Crippen molar-refractivity contribution in [3.8, 4) is 0 Å². The molecule has 9 heteroatoms. The number of rotatable bonds is 8. The van der Waals surface area contributed by atoms with Gasteiger partial charge < -0.3 is 10.4 Å². The van der Waals surface area contributed by atoms with Crippen LogP contribution in [0.2, 0.25) is 5.15 Å². The Balaban J connectivity index is 2.50. The molecule has 0 aliphatic carbocycles. The first kappa shape index (κ1) is 16.8. The molecule has 0 saturated heterocycles. The monoisotopic (exact) mass is 315 g/mol. The van der Waals surface area contributed by atoms with Gasteiger partial charge in [0.15, 0.2) is 0 Å². The summed E-state index contributed by atoms with van der Waals surface area (Å²) in [5.74, 6) is -1.47. The SMILES string of the molecule is O=C(O)CCCCCNC(=O)c1cc(Cl)ncc1[N+](=O)[O-]. The van der Waals surface area contributed by atoms with Crippen molar-refractivity contribution in [2.75, 3.05) is 6.54 Å². The topological polar surface area (TPSA) is 122 Å². The van der Waals surface area contributed by atoms with Gasteiger partial charge in [0, 0.05) is 13.0 Å². The van der Waals surface area contributed by atoms with E-state index >= 15 is 0 Å². The molecule has 2 N–H and O–H groups in total. The lowest BCUT2D eigenvalue weighted by atomic mass is 10.2. The van der Waals surface area contributed by atoms with Crippen LogP contribution >= 0.6 is 11.6 Å². The van der Waals surface area contributed by atoms with E-state index in [2.05, 4.69) is 10.3 Å². The Morgan fingerprint density at radius 1 is 1.38 bits per heavy atom. The van der Waals surface area contributed by atoms with E-state index < -0.39 is 22.5 Å². The molecular formula is C12H14ClN3O5. The van der Waals surface area contributed by atoms with Crippen molar-refractivity contribution in [3.05, 3.63) is 33.1 Å². The largest absolute Gasteiger partial charge is 0.481 e. The summed E-state index contributed by atoms with van der Waals surface area (Å²) in [5.41, 5.74) is -0.562. The number of halogens is 1. The van der Waals surface area contributed by atoms with Crippen LogP contribution in [0.4, 0.5) is 5.69 Å². The lowest BCUT2D eigenvalue weighted by Crippen LogP contribution is -2.25. The number of pyridine rings is 1. The Hall–Kier alpha value is -2.22. The third-order valence-corrected chi connectivity index (χ3v) is 2.85. The number of unbranched alkanes of at least 4 members (excludes halogenated alkanes) is 2. The summed E-state index contributed by atoms with van der Waals surface area (Å²) in [6.07, 6.45) is 2.77. The standard InChI is InChI=1S/C12H14ClN3O5/c13-10-6-8(9(7-15-10)16(20)21)12(19)14-5-3-1-2-4-11(17)18/h6-7H,1-5H2,(H,14,19)(H,17,18). The van der Waals surface area contributed by atoms with Gasteiger partial charge in [-0.25, -0.2) is 4.98 Å². The molecule has 8 nitrogen and oxygen atoms in total. The maximum absolute atomic E-state index is 11.9. The maximum Gasteiger partial charge on any atom is 0.303 e. The predicted octanol–water partition coefficient (Wildman–Crippen LogP) is 2.02. The zero-order valence-corrected chi connectivity index (χ0v) is 11.8. The van der Waals surface area contributed by atoms with Gasteiger partial charge in [-0.15, -0.1) is 0 Å². The van der Waals surface area contributed by atoms with Gasteiger partial charge in [0.05, 0.1) is 4.92 Å². The number of hydrogen-bond acceptors (Lipinski definition) is 5. The summed E-state index contributed by atoms with van der Waals surface area (Å²) in [5, 5.41) is 21.8. The van der Waals surface area contributed by atoms with Crippen LogP contribution in [0.25, 0.3) is 0 Å². The van der Waals surface area contributed by atoms with Crippen LogP contribution in [0.5, 0.6) is 0 Å². The van der Waals surface area contributed by atoms with E-state index in [1.807, 2.05) is 0 Å². The van der Waals surface area contributed by atoms with Crippen LogP contribution in [0, 0.1) is 10.1 Å². The van der Waals surface area contributed by atoms with E-state index in [0.717, 1.165) is 12.3 Å². The van der Waals surface area contributed by atoms with Crippen molar-refractivity contribution >= 4 is 29.2 Å². The molecule has 1 aromatic rings. The molecule has 0 atom stereocenters. The van der Waals surface area contributed by atoms with Gasteiger partial charge in [0.25, 0.3) is 11.6 Å². The van der Waals surface area contributed by atoms with Gasteiger partial charge in [0.2, 0.25) is 0 Å². The van der Waals surface area contributed by atoms with E-state index in [9.17, 15) is 19.7 Å². The van der Waals surface area contributed by atoms with E-state index in [1.54, 1.807) is 0 Å². The highest BCUT2D eigenvalue weighted by Crippen LogP contribution is 2.20. The normalized spacial score (nSPS) is 10.1. The minimum atomic E-state index is -0.860. The summed E-state index contributed by atoms with van der Waals surface area (Å²) in [4.78, 5) is 35.8. The van der Waals surface area contributed by atoms with Crippen molar-refractivity contribution in [2.45, 2.75) is 25.7 Å². The second kappa shape index (κ2) is 8.15. The Morgan fingerprint density at radius 2 is 2.10 bits per heavy atom. The van der Waals surface area contributed by atoms with Crippen molar-refractivity contribution in [1.82, 2.24) is 10.3 Å². The molecule has 1 rings (SSSR count). The van der Waals surface area contributed by atoms with Gasteiger partial charge in [-0.3, -0.25) is 19.7 Å². The minimum Gasteiger partial charge on any atom is -0.481 e. The van der Waals surface area contributed by atoms with Gasteiger partial charge in [-0.2, -0.15) is 0 Å². The van der Waals surface area contributed by atoms with Gasteiger partial charge in [-0.05, 0) is 18.9 Å². The van der Waals surface area contributed by atoms with Crippen molar-refractivity contribution in [2.24, 2.45) is 0 Å². The summed E-state index contributed by atoms with van der Waals surface area (Å²) in [7, 11) is 0. The number of nitro groups is 1. The number of carboxylic acid groups (broad SMARTS) is 1. The smallest absolute Gasteiger partial charge is 0.303 e. The van der Waals surface area contributed by atoms with Crippen molar-refractivity contribution < 1.29 is 19.6 Å². The lowest BCUT2D eigenvalue weighted by molar-refractivity contribution is -0.385. The number of aliphatic carboxylic acids is 1. The average molecular weight is 316 g/mol. The van der Waals surface area contributed by atoms with Crippen molar-refractivity contribution in [1.29, 1.82) is 0 Å². The van der Waals surface area contributed by atoms with Gasteiger partial charge >= 0.3 is 5.97 Å². The number of nitrogens with zero attached hydrogens (tertiary/aromatic N) is 2. The molecule has 21 heavy (non-hydrogen) atoms. The second-order valence-corrected chi connectivity index (χ2v) is 4.63. The highest BCUT2D eigenvalue weighted by Gasteiger charge is 2.20. The summed E-state index contributed by atoms with van der Waals surface area (Å²) in [6, 6.07) is 1.14. The van der Waals surface area contributed by atoms with Crippen LogP contribution < -0.4 is 5.32 Å². The van der Waals surface area contributed by atoms with Crippen LogP contribution in [0.3, 0.4) is 0 Å². The molecule has 0 fully saturated rings. The van der Waals surface area contributed by atoms with Gasteiger partial charge in [0.1, 0.15) is 16.9 Å². The number of aromatic nitrogens is 1. The first-order chi connectivity index (χ1) is 9.91. The second-order valence-electron chi connectivity index (χ2n) is 4.24. The highest BCUT2D eigenvalue weighted by atomic mass is 35.5. The molecule has 0 spiro atoms. The van der Waals surface area contributed by atoms with E-state index in [0.29, 0.717) is 25.8 Å². The number of nitrogens with one attached hydrogen (secondary N) is 1. The van der Waals surface area contributed by atoms with Crippen LogP contribution in [-0.2, 0) is 4.79 Å². The summed E-state index contributed by atoms with van der Waals surface area (Å²) in [6.45, 7) is 0.301. The number of carbonyl (C=O) groups excluding carboxylic acids is 1. The number of amides is 1. The molecule has 0 aliphatic rings. The number of hydrogen-bond donors (Lipinski definition) is 2. The average Bonchev–Trinajstić information content (AvgIpc) is 2.41. The Morgan fingerprint density at radius 3 is 2.71 bits per heavy atom. The first-order valence-corrected chi connectivity index (χ1v) is 6.59. The Labute approximate surface area is 125 Å². The minimum absolute atomic E-state index is 0.00721. The maximum atomic E-state index is 11.9. The Bertz CT molecular complexity index is 550. The van der Waals surface area contributed by atoms with Crippen LogP contribution in [-0.4, -0.2) is 33.4 Å². The molecule has 1 aromatic heterocycles. The highest BCUT2D eigenvalue weighted by molar-refractivity contribution is 6.29. The lowest BCUT2D eigenvalue weighted by Gasteiger charge is -2.05. The molecule has 0 aromatic carbocycles. The summed E-state index contributed by atoms with van der Waals surface area (Å²) < 4.78 is 0. The van der Waals surface area contributed by atoms with E-state index in [4.69, 9.17) is 16.7 Å². The zero-order chi connectivity index (χ0) is 15.8. The van der Waals surface area contributed by atoms with Crippen LogP contribution in [0.15, 0.2) is 12.3 Å². The first-order valence-electron chi connectivity index (χ1n) is 6.21. The number of carboxylic acids is 1. The predicted molar refractivity (Wildman–Crippen MR) is 74.3 cm³/mol. The summed E-state index contributed by atoms with van der Waals surface area (Å²) >= 11 is 5.63. The molecule has 0 saturated carbocycles. The fourth-order valence-corrected chi connectivity index (χ4v) is 1.78. The molecule has 1 heterocycles. The fourth-order valence-electron chi connectivity index (χ4n) is 1.63. The zero-order valence-electron chi connectivity index (χ0n) is 11.0.